The Morgan fingerprint density at radius 2 is 2.40 bits per heavy atom. The molecule has 10 heavy (non-hydrogen) atoms. The lowest BCUT2D eigenvalue weighted by atomic mass is 10.4. The zero-order chi connectivity index (χ0) is 7.82. The zero-order valence-corrected chi connectivity index (χ0v) is 6.09. The monoisotopic (exact) mass is 142 g/mol. The van der Waals surface area contributed by atoms with Crippen molar-refractivity contribution in [1.29, 1.82) is 0 Å². The van der Waals surface area contributed by atoms with Gasteiger partial charge in [0.25, 0.3) is 0 Å². The first kappa shape index (κ1) is 8.96. The maximum Gasteiger partial charge on any atom is 0.387 e. The molecule has 0 spiro atoms. The number of carbonyl (C=O) groups excluding carboxylic acids is 1. The van der Waals surface area contributed by atoms with Crippen LogP contribution in [0.5, 0.6) is 0 Å². The van der Waals surface area contributed by atoms with Crippen LogP contribution in [-0.2, 0) is 9.53 Å². The quantitative estimate of drug-likeness (QED) is 0.256. The molecule has 0 aliphatic heterocycles. The number of nitrogens with zero attached hydrogens (tertiary/aromatic N) is 1. The fourth-order valence-electron chi connectivity index (χ4n) is 0.441. The number of carbonyl (C=O) groups is 1. The van der Waals surface area contributed by atoms with Gasteiger partial charge in [-0.1, -0.05) is 13.3 Å². The highest BCUT2D eigenvalue weighted by Gasteiger charge is 2.02. The minimum absolute atomic E-state index is 0.149. The summed E-state index contributed by atoms with van der Waals surface area (Å²) in [5.74, 6) is -0.413. The van der Waals surface area contributed by atoms with Crippen LogP contribution in [0.2, 0.25) is 0 Å². The topological polar surface area (TPSA) is 30.7 Å². The molecule has 0 unspecified atom stereocenters. The zero-order valence-electron chi connectivity index (χ0n) is 6.09. The van der Waals surface area contributed by atoms with Gasteiger partial charge in [0.15, 0.2) is 0 Å². The lowest BCUT2D eigenvalue weighted by Gasteiger charge is -1.96. The maximum absolute atomic E-state index is 10.5. The van der Waals surface area contributed by atoms with Gasteiger partial charge in [0, 0.05) is 0 Å². The molecule has 56 valence electrons. The lowest BCUT2D eigenvalue weighted by molar-refractivity contribution is -0.141. The van der Waals surface area contributed by atoms with E-state index in [9.17, 15) is 4.79 Å². The Labute approximate surface area is 60.8 Å². The Morgan fingerprint density at radius 1 is 1.70 bits per heavy atom. The molecule has 0 amide bonds. The van der Waals surface area contributed by atoms with Crippen molar-refractivity contribution in [1.82, 2.24) is 0 Å². The van der Waals surface area contributed by atoms with E-state index in [4.69, 9.17) is 6.57 Å². The molecule has 0 aromatic carbocycles. The second-order valence-corrected chi connectivity index (χ2v) is 1.89. The van der Waals surface area contributed by atoms with E-state index in [1.54, 1.807) is 0 Å². The normalized spacial score (nSPS) is 8.40. The van der Waals surface area contributed by atoms with E-state index >= 15 is 0 Å². The van der Waals surface area contributed by atoms with Crippen LogP contribution < -0.4 is 0 Å². The van der Waals surface area contributed by atoms with Crippen molar-refractivity contribution in [3.8, 4) is 0 Å². The van der Waals surface area contributed by atoms with Crippen molar-refractivity contribution >= 4 is 5.97 Å². The van der Waals surface area contributed by atoms with Gasteiger partial charge in [0.05, 0.1) is 6.61 Å². The van der Waals surface area contributed by atoms with Crippen LogP contribution in [0.15, 0.2) is 0 Å². The Kier molecular flexibility index (Phi) is 5.45. The molecule has 0 N–H and O–H groups in total. The smallest absolute Gasteiger partial charge is 0.387 e. The highest BCUT2D eigenvalue weighted by Crippen LogP contribution is 1.88. The van der Waals surface area contributed by atoms with E-state index < -0.39 is 5.97 Å². The molecule has 0 atom stereocenters. The van der Waals surface area contributed by atoms with E-state index in [2.05, 4.69) is 9.58 Å². The Morgan fingerprint density at radius 3 is 2.90 bits per heavy atom. The van der Waals surface area contributed by atoms with Crippen molar-refractivity contribution < 1.29 is 9.53 Å². The van der Waals surface area contributed by atoms with Gasteiger partial charge in [-0.05, 0) is 6.42 Å². The number of hydrogen-bond acceptors (Lipinski definition) is 2. The summed E-state index contributed by atoms with van der Waals surface area (Å²) in [5, 5.41) is 0. The van der Waals surface area contributed by atoms with Crippen LogP contribution >= 0.6 is 0 Å². The minimum atomic E-state index is -0.413. The third-order valence-electron chi connectivity index (χ3n) is 0.969. The summed E-state index contributed by atoms with van der Waals surface area (Å²) in [6.07, 6.45) is 1.88. The van der Waals surface area contributed by atoms with Gasteiger partial charge in [-0.3, -0.25) is 0 Å². The van der Waals surface area contributed by atoms with Crippen molar-refractivity contribution in [3.63, 3.8) is 0 Å². The molecule has 0 radical (unpaired) electrons. The fraction of sp³-hybridized carbons (Fsp3) is 0.714. The fourth-order valence-corrected chi connectivity index (χ4v) is 0.441. The summed E-state index contributed by atoms with van der Waals surface area (Å²) >= 11 is 0. The number of unbranched alkanes of at least 4 members (excludes halogenated alkanes) is 1. The van der Waals surface area contributed by atoms with Gasteiger partial charge >= 0.3 is 12.5 Å². The molecule has 0 heterocycles. The molecule has 0 rings (SSSR count). The summed E-state index contributed by atoms with van der Waals surface area (Å²) < 4.78 is 4.67. The molecular formula is C7H11NO2. The first-order valence-corrected chi connectivity index (χ1v) is 3.30. The number of hydrogen-bond donors (Lipinski definition) is 0. The molecule has 0 bridgehead atoms. The largest absolute Gasteiger partial charge is 0.460 e. The van der Waals surface area contributed by atoms with E-state index in [0.29, 0.717) is 6.61 Å². The van der Waals surface area contributed by atoms with Crippen LogP contribution in [0.4, 0.5) is 0 Å². The third-order valence-corrected chi connectivity index (χ3v) is 0.969. The third kappa shape index (κ3) is 5.10. The van der Waals surface area contributed by atoms with E-state index in [0.717, 1.165) is 12.8 Å². The van der Waals surface area contributed by atoms with Gasteiger partial charge in [0.1, 0.15) is 0 Å². The average molecular weight is 142 g/mol. The molecule has 3 heteroatoms. The highest BCUT2D eigenvalue weighted by molar-refractivity contribution is 5.73. The van der Waals surface area contributed by atoms with Crippen molar-refractivity contribution in [2.24, 2.45) is 0 Å². The predicted molar refractivity (Wildman–Crippen MR) is 37.3 cm³/mol. The molecule has 0 fully saturated rings. The summed E-state index contributed by atoms with van der Waals surface area (Å²) in [5.41, 5.74) is 0. The van der Waals surface area contributed by atoms with E-state index in [1.165, 1.54) is 0 Å². The van der Waals surface area contributed by atoms with Gasteiger partial charge in [-0.2, -0.15) is 0 Å². The second kappa shape index (κ2) is 6.09. The predicted octanol–water partition coefficient (Wildman–Crippen LogP) is 1.25. The number of esters is 1. The highest BCUT2D eigenvalue weighted by atomic mass is 16.5. The maximum atomic E-state index is 10.5. The molecule has 3 nitrogen and oxygen atoms in total. The van der Waals surface area contributed by atoms with Crippen LogP contribution in [0, 0.1) is 6.57 Å². The van der Waals surface area contributed by atoms with Crippen molar-refractivity contribution in [3.05, 3.63) is 11.4 Å². The Bertz CT molecular complexity index is 137. The van der Waals surface area contributed by atoms with Gasteiger partial charge in [0.2, 0.25) is 0 Å². The SMILES string of the molecule is [C-]#[15N+]CC(=O)OCCCC. The summed E-state index contributed by atoms with van der Waals surface area (Å²) in [6, 6.07) is 0. The molecular weight excluding hydrogens is 131 g/mol. The Hall–Kier alpha value is -1.04. The molecule has 0 saturated carbocycles. The van der Waals surface area contributed by atoms with Gasteiger partial charge < -0.3 is 9.58 Å². The van der Waals surface area contributed by atoms with Crippen LogP contribution in [0.25, 0.3) is 4.85 Å². The number of ether oxygens (including phenoxy) is 1. The van der Waals surface area contributed by atoms with E-state index in [1.807, 2.05) is 6.92 Å². The van der Waals surface area contributed by atoms with Gasteiger partial charge in [-0.25, -0.2) is 11.4 Å². The second-order valence-electron chi connectivity index (χ2n) is 1.89. The van der Waals surface area contributed by atoms with Gasteiger partial charge in [-0.15, -0.1) is 0 Å². The molecule has 0 saturated heterocycles. The summed E-state index contributed by atoms with van der Waals surface area (Å²) in [6.45, 7) is 8.65. The first-order valence-electron chi connectivity index (χ1n) is 3.30. The first-order chi connectivity index (χ1) is 4.81. The summed E-state index contributed by atoms with van der Waals surface area (Å²) in [4.78, 5) is 13.4. The lowest BCUT2D eigenvalue weighted by Crippen LogP contribution is -2.07. The molecule has 0 aliphatic rings. The van der Waals surface area contributed by atoms with E-state index in [-0.39, 0.29) is 6.54 Å². The standard InChI is InChI=1S/C7H11NO2/c1-3-4-5-10-7(9)6-8-2/h3-6H2,1H3/i8+1. The van der Waals surface area contributed by atoms with Crippen LogP contribution in [0.3, 0.4) is 0 Å². The Balaban J connectivity index is 3.15. The minimum Gasteiger partial charge on any atom is -0.460 e. The van der Waals surface area contributed by atoms with Crippen LogP contribution in [-0.4, -0.2) is 19.1 Å². The van der Waals surface area contributed by atoms with Crippen molar-refractivity contribution in [2.45, 2.75) is 19.8 Å². The number of rotatable bonds is 4. The molecule has 0 aromatic rings. The summed E-state index contributed by atoms with van der Waals surface area (Å²) in [7, 11) is 0. The van der Waals surface area contributed by atoms with Crippen LogP contribution in [0.1, 0.15) is 19.8 Å². The van der Waals surface area contributed by atoms with Crippen molar-refractivity contribution in [2.75, 3.05) is 13.2 Å². The average Bonchev–Trinajstić information content (AvgIpc) is 1.89. The molecule has 0 aromatic heterocycles. The molecule has 0 aliphatic carbocycles.